The zero-order chi connectivity index (χ0) is 53.2. The molecule has 1 fully saturated rings. The first-order chi connectivity index (χ1) is 36.6. The minimum Gasteiger partial charge on any atom is -0.465 e. The van der Waals surface area contributed by atoms with Crippen LogP contribution in [-0.2, 0) is 19.1 Å². The van der Waals surface area contributed by atoms with Gasteiger partial charge in [0.25, 0.3) is 0 Å². The summed E-state index contributed by atoms with van der Waals surface area (Å²) in [6, 6.07) is 0. The number of ether oxygens (including phenoxy) is 2. The van der Waals surface area contributed by atoms with Crippen LogP contribution < -0.4 is 0 Å². The molecule has 0 amide bonds. The summed E-state index contributed by atoms with van der Waals surface area (Å²) in [5.74, 6) is -1.40. The molecule has 1 saturated heterocycles. The molecule has 0 aromatic heterocycles. The minimum absolute atomic E-state index is 0.00266. The minimum atomic E-state index is -1.12. The number of aliphatic hydroxyl groups is 2. The van der Waals surface area contributed by atoms with Crippen LogP contribution >= 0.6 is 0 Å². The topological polar surface area (TPSA) is 93.1 Å². The van der Waals surface area contributed by atoms with E-state index >= 15 is 0 Å². The fourth-order valence-corrected chi connectivity index (χ4v) is 11.3. The maximum atomic E-state index is 12.5. The molecule has 1 unspecified atom stereocenters. The molecule has 0 aromatic rings. The van der Waals surface area contributed by atoms with Gasteiger partial charge in [0.2, 0.25) is 0 Å². The molecule has 0 saturated carbocycles. The third-order valence-corrected chi connectivity index (χ3v) is 16.8. The average Bonchev–Trinajstić information content (AvgIpc) is 3.47. The molecule has 0 spiro atoms. The van der Waals surface area contributed by atoms with Crippen LogP contribution in [-0.4, -0.2) is 48.6 Å². The quantitative estimate of drug-likeness (QED) is 0.0358. The highest BCUT2D eigenvalue weighted by Gasteiger charge is 2.36. The number of aliphatic hydroxyl groups excluding tert-OH is 2. The third-order valence-electron chi connectivity index (χ3n) is 16.8. The van der Waals surface area contributed by atoms with Crippen molar-refractivity contribution in [2.75, 3.05) is 26.4 Å². The molecule has 0 radical (unpaired) electrons. The van der Waals surface area contributed by atoms with Gasteiger partial charge in [0.15, 0.2) is 0 Å². The highest BCUT2D eigenvalue weighted by molar-refractivity contribution is 5.80. The van der Waals surface area contributed by atoms with Crippen LogP contribution in [0.4, 0.5) is 0 Å². The number of hydrogen-bond acceptors (Lipinski definition) is 6. The van der Waals surface area contributed by atoms with Crippen LogP contribution in [0.5, 0.6) is 0 Å². The number of carbonyl (C=O) groups is 2. The van der Waals surface area contributed by atoms with E-state index in [1.54, 1.807) is 0 Å². The van der Waals surface area contributed by atoms with E-state index < -0.39 is 36.5 Å². The first-order valence-electron chi connectivity index (χ1n) is 33.8. The number of carbonyl (C=O) groups excluding carboxylic acids is 2. The van der Waals surface area contributed by atoms with Gasteiger partial charge >= 0.3 is 11.9 Å². The monoisotopic (exact) mass is 1040 g/mol. The molecule has 1 atom stereocenters. The molecule has 0 aromatic carbocycles. The lowest BCUT2D eigenvalue weighted by Gasteiger charge is -2.27. The van der Waals surface area contributed by atoms with Gasteiger partial charge in [-0.2, -0.15) is 0 Å². The summed E-state index contributed by atoms with van der Waals surface area (Å²) in [5.41, 5.74) is -1.12. The van der Waals surface area contributed by atoms with Gasteiger partial charge in [-0.3, -0.25) is 9.59 Å². The van der Waals surface area contributed by atoms with E-state index in [4.69, 9.17) is 9.47 Å². The lowest BCUT2D eigenvalue weighted by atomic mass is 9.92. The zero-order valence-corrected chi connectivity index (χ0v) is 49.9. The Kier molecular flexibility index (Phi) is 55.1. The van der Waals surface area contributed by atoms with Gasteiger partial charge in [0.1, 0.15) is 13.2 Å². The van der Waals surface area contributed by atoms with Crippen molar-refractivity contribution in [3.63, 3.8) is 0 Å². The summed E-state index contributed by atoms with van der Waals surface area (Å²) in [4.78, 5) is 24.7. The Labute approximate surface area is 462 Å². The lowest BCUT2D eigenvalue weighted by Crippen LogP contribution is -2.40. The van der Waals surface area contributed by atoms with Crippen LogP contribution in [0.1, 0.15) is 373 Å². The summed E-state index contributed by atoms with van der Waals surface area (Å²) in [5, 5.41) is 19.2. The molecule has 0 bridgehead atoms. The van der Waals surface area contributed by atoms with Crippen LogP contribution in [0.25, 0.3) is 0 Å². The Bertz CT molecular complexity index is 1160. The molecular weight excluding hydrogens is 913 g/mol. The molecule has 438 valence electrons. The molecule has 6 heteroatoms. The smallest absolute Gasteiger partial charge is 0.309 e. The Morgan fingerprint density at radius 1 is 0.351 bits per heavy atom. The molecule has 74 heavy (non-hydrogen) atoms. The summed E-state index contributed by atoms with van der Waals surface area (Å²) < 4.78 is 10.6. The van der Waals surface area contributed by atoms with Crippen molar-refractivity contribution in [2.24, 2.45) is 11.3 Å². The summed E-state index contributed by atoms with van der Waals surface area (Å²) in [7, 11) is 0. The van der Waals surface area contributed by atoms with Gasteiger partial charge in [-0.1, -0.05) is 347 Å². The van der Waals surface area contributed by atoms with Gasteiger partial charge in [-0.15, -0.1) is 0 Å². The first kappa shape index (κ1) is 70.6. The molecule has 1 rings (SSSR count). The third kappa shape index (κ3) is 48.9. The first-order valence-corrected chi connectivity index (χ1v) is 33.8. The molecule has 0 aliphatic carbocycles. The number of allylic oxidation sites excluding steroid dienone is 2. The van der Waals surface area contributed by atoms with E-state index in [1.165, 1.54) is 334 Å². The van der Waals surface area contributed by atoms with Crippen molar-refractivity contribution in [3.8, 4) is 0 Å². The van der Waals surface area contributed by atoms with E-state index in [2.05, 4.69) is 19.1 Å². The predicted octanol–water partition coefficient (Wildman–Crippen LogP) is 21.5. The van der Waals surface area contributed by atoms with Crippen LogP contribution in [0.15, 0.2) is 12.2 Å². The van der Waals surface area contributed by atoms with Crippen molar-refractivity contribution in [1.82, 2.24) is 0 Å². The number of rotatable bonds is 59. The van der Waals surface area contributed by atoms with Crippen LogP contribution in [0, 0.1) is 11.3 Å². The molecular formula is C68H130O6. The number of cyclic esters (lactones) is 2. The maximum Gasteiger partial charge on any atom is 0.309 e. The highest BCUT2D eigenvalue weighted by atomic mass is 16.6. The highest BCUT2D eigenvalue weighted by Crippen LogP contribution is 2.25. The number of hydrogen-bond donors (Lipinski definition) is 2. The van der Waals surface area contributed by atoms with Crippen molar-refractivity contribution >= 4 is 11.9 Å². The van der Waals surface area contributed by atoms with E-state index in [1.807, 2.05) is 0 Å². The second-order valence-electron chi connectivity index (χ2n) is 24.2. The van der Waals surface area contributed by atoms with Crippen LogP contribution in [0.2, 0.25) is 0 Å². The predicted molar refractivity (Wildman–Crippen MR) is 320 cm³/mol. The Balaban J connectivity index is 1.68. The standard InChI is InChI=1S/C68H130O6/c1-2-3-4-5-6-7-8-9-10-11-12-13-14-15-16-17-18-19-20-21-22-23-24-25-26-27-28-29-30-31-32-33-34-35-36-37-38-39-40-41-42-43-44-45-46-47-48-49-50-51-52-53-54-55-56-57-58-59-65-60-66(71)73-63-68(61-69,62-70)64-74-67(65)72/h43-44,65,69-70H,2-42,45-64H2,1H3/b44-43+. The van der Waals surface area contributed by atoms with Crippen LogP contribution in [0.3, 0.4) is 0 Å². The molecule has 1 aliphatic heterocycles. The van der Waals surface area contributed by atoms with Crippen molar-refractivity contribution in [2.45, 2.75) is 373 Å². The van der Waals surface area contributed by atoms with Crippen molar-refractivity contribution in [3.05, 3.63) is 12.2 Å². The molecule has 1 aliphatic rings. The molecule has 1 heterocycles. The lowest BCUT2D eigenvalue weighted by molar-refractivity contribution is -0.155. The maximum absolute atomic E-state index is 12.5. The Morgan fingerprint density at radius 2 is 0.581 bits per heavy atom. The number of unbranched alkanes of at least 4 members (excludes halogenated alkanes) is 53. The van der Waals surface area contributed by atoms with E-state index in [0.29, 0.717) is 6.42 Å². The largest absolute Gasteiger partial charge is 0.465 e. The Morgan fingerprint density at radius 3 is 0.838 bits per heavy atom. The van der Waals surface area contributed by atoms with Gasteiger partial charge in [-0.05, 0) is 32.1 Å². The normalized spacial score (nSPS) is 15.1. The SMILES string of the molecule is CCCCCCCCCCCCCCCCCCCCCCCCCCCCCCCCCCCCCCCCCC/C=C/CCCCCCCCCCCCCCCC1CC(=O)OCC(CO)(CO)COC1=O. The average molecular weight is 1040 g/mol. The molecule has 2 N–H and O–H groups in total. The van der Waals surface area contributed by atoms with Gasteiger partial charge < -0.3 is 19.7 Å². The Hall–Kier alpha value is -1.40. The van der Waals surface area contributed by atoms with Gasteiger partial charge in [0.05, 0.1) is 31.0 Å². The summed E-state index contributed by atoms with van der Waals surface area (Å²) >= 11 is 0. The zero-order valence-electron chi connectivity index (χ0n) is 49.9. The van der Waals surface area contributed by atoms with Gasteiger partial charge in [0, 0.05) is 0 Å². The van der Waals surface area contributed by atoms with E-state index in [-0.39, 0.29) is 19.6 Å². The van der Waals surface area contributed by atoms with Crippen molar-refractivity contribution in [1.29, 1.82) is 0 Å². The fourth-order valence-electron chi connectivity index (χ4n) is 11.3. The fraction of sp³-hybridized carbons (Fsp3) is 0.941. The molecule has 6 nitrogen and oxygen atoms in total. The summed E-state index contributed by atoms with van der Waals surface area (Å²) in [6.07, 6.45) is 83.2. The second kappa shape index (κ2) is 57.8. The second-order valence-corrected chi connectivity index (χ2v) is 24.2. The van der Waals surface area contributed by atoms with Gasteiger partial charge in [-0.25, -0.2) is 0 Å². The van der Waals surface area contributed by atoms with E-state index in [0.717, 1.165) is 19.3 Å². The van der Waals surface area contributed by atoms with Crippen molar-refractivity contribution < 1.29 is 29.3 Å². The summed E-state index contributed by atoms with van der Waals surface area (Å²) in [6.45, 7) is 1.21. The number of esters is 2. The van der Waals surface area contributed by atoms with E-state index in [9.17, 15) is 19.8 Å².